The zero-order valence-electron chi connectivity index (χ0n) is 12.4. The fourth-order valence-electron chi connectivity index (χ4n) is 1.88. The quantitative estimate of drug-likeness (QED) is 0.590. The van der Waals surface area contributed by atoms with Gasteiger partial charge in [-0.2, -0.15) is 0 Å². The van der Waals surface area contributed by atoms with Gasteiger partial charge in [-0.3, -0.25) is 0 Å². The second-order valence-corrected chi connectivity index (χ2v) is 12.1. The molecule has 2 aromatic rings. The van der Waals surface area contributed by atoms with E-state index in [2.05, 4.69) is 43.9 Å². The molecule has 2 aromatic carbocycles. The van der Waals surface area contributed by atoms with Crippen LogP contribution in [0.5, 0.6) is 17.2 Å². The number of halogens is 2. The van der Waals surface area contributed by atoms with Gasteiger partial charge in [0.25, 0.3) is 0 Å². The summed E-state index contributed by atoms with van der Waals surface area (Å²) in [6.07, 6.45) is 0. The topological polar surface area (TPSA) is 27.7 Å². The van der Waals surface area contributed by atoms with E-state index in [1.54, 1.807) is 21.3 Å². The molecule has 2 rings (SSSR count). The molecule has 3 nitrogen and oxygen atoms in total. The molecular weight excluding hydrogens is 447 g/mol. The average Bonchev–Trinajstić information content (AvgIpc) is 2.53. The third-order valence-electron chi connectivity index (χ3n) is 3.02. The molecule has 0 spiro atoms. The van der Waals surface area contributed by atoms with E-state index in [-0.39, 0.29) is 0 Å². The summed E-state index contributed by atoms with van der Waals surface area (Å²) in [5.74, 6) is 2.33. The first-order valence-corrected chi connectivity index (χ1v) is 13.3. The van der Waals surface area contributed by atoms with Crippen LogP contribution in [0, 0.1) is 14.1 Å². The molecule has 114 valence electrons. The van der Waals surface area contributed by atoms with Gasteiger partial charge in [-0.05, 0) is 0 Å². The van der Waals surface area contributed by atoms with E-state index in [4.69, 9.17) is 14.2 Å². The summed E-state index contributed by atoms with van der Waals surface area (Å²) in [6, 6.07) is 12.4. The van der Waals surface area contributed by atoms with Crippen LogP contribution in [-0.4, -0.2) is 21.3 Å². The first kappa shape index (κ1) is 16.4. The third kappa shape index (κ3) is 3.63. The van der Waals surface area contributed by atoms with Crippen LogP contribution in [0.15, 0.2) is 36.4 Å². The molecule has 5 heteroatoms. The van der Waals surface area contributed by atoms with Gasteiger partial charge >= 0.3 is 139 Å². The summed E-state index contributed by atoms with van der Waals surface area (Å²) in [5.41, 5.74) is 1.25. The van der Waals surface area contributed by atoms with Crippen molar-refractivity contribution in [1.29, 1.82) is 0 Å². The molecule has 0 aliphatic carbocycles. The van der Waals surface area contributed by atoms with Gasteiger partial charge in [0.1, 0.15) is 0 Å². The molecule has 0 amide bonds. The number of methoxy groups -OCH3 is 3. The summed E-state index contributed by atoms with van der Waals surface area (Å²) < 4.78 is 18.8. The number of ether oxygens (including phenoxy) is 3. The van der Waals surface area contributed by atoms with Gasteiger partial charge in [-0.1, -0.05) is 0 Å². The molecule has 0 bridgehead atoms. The molecule has 0 radical (unpaired) electrons. The summed E-state index contributed by atoms with van der Waals surface area (Å²) >= 11 is 2.13. The number of hydrogen-bond acceptors (Lipinski definition) is 3. The van der Waals surface area contributed by atoms with Crippen molar-refractivity contribution >= 4 is 30.3 Å². The molecule has 0 N–H and O–H groups in total. The predicted octanol–water partition coefficient (Wildman–Crippen LogP) is 4.88. The van der Waals surface area contributed by atoms with Crippen LogP contribution < -0.4 is 14.2 Å². The Labute approximate surface area is 138 Å². The summed E-state index contributed by atoms with van der Waals surface area (Å²) in [4.78, 5) is 0. The zero-order valence-corrected chi connectivity index (χ0v) is 16.2. The van der Waals surface area contributed by atoms with E-state index in [0.29, 0.717) is 0 Å². The average molecular weight is 465 g/mol. The summed E-state index contributed by atoms with van der Waals surface area (Å²) in [7, 11) is 4.98. The Bertz CT molecular complexity index is 588. The van der Waals surface area contributed by atoms with E-state index >= 15 is 0 Å². The van der Waals surface area contributed by atoms with E-state index < -0.39 is 17.6 Å². The second-order valence-electron chi connectivity index (χ2n) is 4.38. The van der Waals surface area contributed by atoms with Crippen molar-refractivity contribution in [2.75, 3.05) is 21.3 Å². The van der Waals surface area contributed by atoms with Crippen LogP contribution in [0.25, 0.3) is 0 Å². The molecule has 0 fully saturated rings. The van der Waals surface area contributed by atoms with E-state index in [0.717, 1.165) is 20.8 Å². The van der Waals surface area contributed by atoms with Crippen LogP contribution in [0.2, 0.25) is 0 Å². The second kappa shape index (κ2) is 7.35. The molecule has 0 saturated heterocycles. The van der Waals surface area contributed by atoms with Gasteiger partial charge in [0.15, 0.2) is 0 Å². The molecule has 0 heterocycles. The predicted molar refractivity (Wildman–Crippen MR) is 97.6 cm³/mol. The Balaban J connectivity index is 2.52. The maximum atomic E-state index is 5.55. The van der Waals surface area contributed by atoms with Gasteiger partial charge in [0, 0.05) is 0 Å². The molecule has 0 aromatic heterocycles. The van der Waals surface area contributed by atoms with Crippen LogP contribution in [0.3, 0.4) is 0 Å². The molecular formula is C16H18BrIO3. The van der Waals surface area contributed by atoms with Gasteiger partial charge in [0.05, 0.1) is 0 Å². The Kier molecular flexibility index (Phi) is 5.75. The summed E-state index contributed by atoms with van der Waals surface area (Å²) in [5, 5.41) is 0. The van der Waals surface area contributed by atoms with Crippen molar-refractivity contribution in [2.24, 2.45) is 0 Å². The van der Waals surface area contributed by atoms with Crippen molar-refractivity contribution in [3.8, 4) is 17.2 Å². The Morgan fingerprint density at radius 1 is 0.857 bits per heavy atom. The molecule has 0 aliphatic heterocycles. The molecule has 0 atom stereocenters. The number of benzene rings is 2. The molecule has 0 unspecified atom stereocenters. The first-order chi connectivity index (χ1) is 10.1. The zero-order chi connectivity index (χ0) is 15.4. The minimum atomic E-state index is -1.78. The Morgan fingerprint density at radius 2 is 1.38 bits per heavy atom. The van der Waals surface area contributed by atoms with Crippen LogP contribution in [-0.2, 0) is 0 Å². The van der Waals surface area contributed by atoms with E-state index in [1.165, 1.54) is 9.13 Å². The minimum absolute atomic E-state index is 0.730. The van der Waals surface area contributed by atoms with E-state index in [9.17, 15) is 0 Å². The maximum absolute atomic E-state index is 5.55. The summed E-state index contributed by atoms with van der Waals surface area (Å²) in [6.45, 7) is 2.09. The first-order valence-electron chi connectivity index (χ1n) is 6.33. The van der Waals surface area contributed by atoms with Crippen molar-refractivity contribution in [3.05, 3.63) is 49.1 Å². The number of hydrogen-bond donors (Lipinski definition) is 0. The SMILES string of the molecule is COc1cc(OC)c(I(Br)c2ccc(C)cc2)c(OC)c1. The third-order valence-corrected chi connectivity index (χ3v) is 11.2. The van der Waals surface area contributed by atoms with Crippen molar-refractivity contribution in [1.82, 2.24) is 0 Å². The Hall–Kier alpha value is -0.950. The van der Waals surface area contributed by atoms with Crippen LogP contribution >= 0.6 is 30.3 Å². The molecule has 0 saturated carbocycles. The molecule has 21 heavy (non-hydrogen) atoms. The standard InChI is InChI=1S/C16H18BrIO3/c1-11-5-7-12(8-6-11)18(17)16-14(20-3)9-13(19-2)10-15(16)21-4/h5-10H,1-4H3. The Morgan fingerprint density at radius 3 is 1.81 bits per heavy atom. The van der Waals surface area contributed by atoms with Gasteiger partial charge in [-0.25, -0.2) is 0 Å². The van der Waals surface area contributed by atoms with Crippen LogP contribution in [0.1, 0.15) is 5.56 Å². The van der Waals surface area contributed by atoms with Crippen molar-refractivity contribution in [2.45, 2.75) is 6.92 Å². The van der Waals surface area contributed by atoms with Crippen molar-refractivity contribution < 1.29 is 14.2 Å². The fourth-order valence-corrected chi connectivity index (χ4v) is 8.50. The van der Waals surface area contributed by atoms with E-state index in [1.807, 2.05) is 12.1 Å². The fraction of sp³-hybridized carbons (Fsp3) is 0.250. The number of aryl methyl sites for hydroxylation is 1. The van der Waals surface area contributed by atoms with Crippen LogP contribution in [0.4, 0.5) is 0 Å². The monoisotopic (exact) mass is 464 g/mol. The van der Waals surface area contributed by atoms with Gasteiger partial charge < -0.3 is 0 Å². The van der Waals surface area contributed by atoms with Gasteiger partial charge in [0.2, 0.25) is 0 Å². The molecule has 0 aliphatic rings. The van der Waals surface area contributed by atoms with Crippen molar-refractivity contribution in [3.63, 3.8) is 0 Å². The number of rotatable bonds is 5. The van der Waals surface area contributed by atoms with Gasteiger partial charge in [-0.15, -0.1) is 0 Å². The normalized spacial score (nSPS) is 11.0.